The first-order chi connectivity index (χ1) is 19.8. The second-order valence-corrected chi connectivity index (χ2v) is 11.2. The van der Waals surface area contributed by atoms with Crippen molar-refractivity contribution in [1.29, 1.82) is 5.26 Å². The minimum absolute atomic E-state index is 0.0410. The molecular weight excluding hydrogens is 541 g/mol. The van der Waals surface area contributed by atoms with E-state index in [0.717, 1.165) is 40.7 Å². The first-order valence-corrected chi connectivity index (χ1v) is 13.8. The first-order valence-electron chi connectivity index (χ1n) is 13.5. The van der Waals surface area contributed by atoms with Crippen LogP contribution in [0.5, 0.6) is 11.5 Å². The van der Waals surface area contributed by atoms with Gasteiger partial charge in [-0.25, -0.2) is 4.39 Å². The first kappa shape index (κ1) is 28.6. The smallest absolute Gasteiger partial charge is 0.142 e. The highest BCUT2D eigenvalue weighted by molar-refractivity contribution is 6.32. The summed E-state index contributed by atoms with van der Waals surface area (Å²) >= 11 is 6.74. The molecule has 0 saturated carbocycles. The molecule has 4 aromatic rings. The van der Waals surface area contributed by atoms with Crippen molar-refractivity contribution in [3.8, 4) is 28.7 Å². The molecule has 0 saturated heterocycles. The minimum atomic E-state index is -0.506. The molecule has 1 heterocycles. The average molecular weight is 572 g/mol. The van der Waals surface area contributed by atoms with Crippen LogP contribution in [0.25, 0.3) is 11.1 Å². The lowest BCUT2D eigenvalue weighted by atomic mass is 9.96. The average Bonchev–Trinajstić information content (AvgIpc) is 3.40. The molecule has 2 N–H and O–H groups in total. The third-order valence-corrected chi connectivity index (χ3v) is 7.53. The maximum absolute atomic E-state index is 14.6. The predicted octanol–water partition coefficient (Wildman–Crippen LogP) is 6.92. The number of rotatable bonds is 10. The Morgan fingerprint density at radius 2 is 1.90 bits per heavy atom. The van der Waals surface area contributed by atoms with Crippen molar-refractivity contribution < 1.29 is 19.0 Å². The Balaban J connectivity index is 1.43. The number of fused-ring (bicyclic) bond motifs is 1. The van der Waals surface area contributed by atoms with Crippen LogP contribution in [-0.4, -0.2) is 22.2 Å². The van der Waals surface area contributed by atoms with Crippen molar-refractivity contribution in [3.63, 3.8) is 0 Å². The van der Waals surface area contributed by atoms with E-state index in [1.807, 2.05) is 44.2 Å². The Morgan fingerprint density at radius 3 is 2.68 bits per heavy atom. The van der Waals surface area contributed by atoms with Crippen molar-refractivity contribution in [3.05, 3.63) is 112 Å². The highest BCUT2D eigenvalue weighted by atomic mass is 35.5. The number of pyridine rings is 1. The second kappa shape index (κ2) is 12.3. The van der Waals surface area contributed by atoms with Gasteiger partial charge in [-0.3, -0.25) is 4.98 Å². The molecule has 0 spiro atoms. The van der Waals surface area contributed by atoms with Crippen molar-refractivity contribution in [2.45, 2.75) is 51.5 Å². The Kier molecular flexibility index (Phi) is 8.55. The van der Waals surface area contributed by atoms with Crippen LogP contribution in [0, 0.1) is 17.1 Å². The Labute approximate surface area is 244 Å². The molecule has 0 radical (unpaired) electrons. The Morgan fingerprint density at radius 1 is 1.10 bits per heavy atom. The van der Waals surface area contributed by atoms with Crippen LogP contribution in [0.4, 0.5) is 4.39 Å². The van der Waals surface area contributed by atoms with Gasteiger partial charge in [0.15, 0.2) is 0 Å². The van der Waals surface area contributed by atoms with Gasteiger partial charge < -0.3 is 19.9 Å². The molecule has 1 aliphatic carbocycles. The van der Waals surface area contributed by atoms with Crippen molar-refractivity contribution in [2.75, 3.05) is 6.61 Å². The normalized spacial score (nSPS) is 14.4. The number of aromatic nitrogens is 1. The van der Waals surface area contributed by atoms with E-state index in [2.05, 4.69) is 16.4 Å². The van der Waals surface area contributed by atoms with Crippen molar-refractivity contribution in [1.82, 2.24) is 10.3 Å². The zero-order valence-corrected chi connectivity index (χ0v) is 23.7. The molecule has 6 nitrogen and oxygen atoms in total. The van der Waals surface area contributed by atoms with Gasteiger partial charge in [0, 0.05) is 47.2 Å². The zero-order chi connectivity index (χ0) is 29.0. The lowest BCUT2D eigenvalue weighted by Crippen LogP contribution is -2.42. The molecule has 5 rings (SSSR count). The third-order valence-electron chi connectivity index (χ3n) is 7.23. The van der Waals surface area contributed by atoms with Gasteiger partial charge in [-0.15, -0.1) is 0 Å². The molecule has 41 heavy (non-hydrogen) atoms. The van der Waals surface area contributed by atoms with E-state index < -0.39 is 5.54 Å². The summed E-state index contributed by atoms with van der Waals surface area (Å²) in [7, 11) is 0. The maximum atomic E-state index is 14.6. The number of hydrogen-bond acceptors (Lipinski definition) is 6. The number of nitriles is 1. The van der Waals surface area contributed by atoms with E-state index in [1.165, 1.54) is 12.3 Å². The van der Waals surface area contributed by atoms with E-state index in [1.54, 1.807) is 30.5 Å². The molecule has 8 heteroatoms. The van der Waals surface area contributed by atoms with Crippen molar-refractivity contribution >= 4 is 11.6 Å². The van der Waals surface area contributed by atoms with Crippen LogP contribution in [-0.2, 0) is 19.6 Å². The summed E-state index contributed by atoms with van der Waals surface area (Å²) in [6.45, 7) is 4.36. The van der Waals surface area contributed by atoms with Gasteiger partial charge in [0.1, 0.15) is 36.1 Å². The van der Waals surface area contributed by atoms with Gasteiger partial charge in [0.05, 0.1) is 17.2 Å². The van der Waals surface area contributed by atoms with Crippen LogP contribution < -0.4 is 14.8 Å². The summed E-state index contributed by atoms with van der Waals surface area (Å²) in [6, 6.07) is 20.1. The van der Waals surface area contributed by atoms with Gasteiger partial charge in [-0.2, -0.15) is 5.26 Å². The molecule has 0 fully saturated rings. The third kappa shape index (κ3) is 6.52. The number of aliphatic hydroxyl groups is 1. The van der Waals surface area contributed by atoms with Crippen LogP contribution in [0.3, 0.4) is 0 Å². The number of aliphatic hydroxyl groups excluding tert-OH is 1. The van der Waals surface area contributed by atoms with Gasteiger partial charge in [-0.1, -0.05) is 48.0 Å². The fourth-order valence-corrected chi connectivity index (χ4v) is 5.17. The van der Waals surface area contributed by atoms with Gasteiger partial charge in [0.25, 0.3) is 0 Å². The number of nitrogens with zero attached hydrogens (tertiary/aromatic N) is 2. The summed E-state index contributed by atoms with van der Waals surface area (Å²) in [6.07, 6.45) is 4.39. The van der Waals surface area contributed by atoms with E-state index in [-0.39, 0.29) is 25.1 Å². The summed E-state index contributed by atoms with van der Waals surface area (Å²) < 4.78 is 27.3. The lowest BCUT2D eigenvalue weighted by molar-refractivity contribution is 0.186. The quantitative estimate of drug-likeness (QED) is 0.215. The summed E-state index contributed by atoms with van der Waals surface area (Å²) in [5.41, 5.74) is 5.04. The molecule has 1 atom stereocenters. The van der Waals surface area contributed by atoms with Gasteiger partial charge >= 0.3 is 0 Å². The molecule has 1 aromatic heterocycles. The van der Waals surface area contributed by atoms with E-state index >= 15 is 0 Å². The molecule has 0 unspecified atom stereocenters. The van der Waals surface area contributed by atoms with E-state index in [0.29, 0.717) is 34.2 Å². The van der Waals surface area contributed by atoms with Gasteiger partial charge in [0.2, 0.25) is 0 Å². The predicted molar refractivity (Wildman–Crippen MR) is 156 cm³/mol. The standard InChI is InChI=1S/C33H31ClFN3O3/c1-33(2,20-39)38-18-23-13-28(34)32(14-31(23)40-19-22-12-21(15-36)16-37-17-22)41-30-11-10-25-24(7-5-8-27(25)30)26-6-3-4-9-29(26)35/h3-9,12-14,16-17,30,38-39H,10-11,18-20H2,1-2H3/t30-/m0/s1. The number of benzene rings is 3. The molecule has 0 bridgehead atoms. The Bertz CT molecular complexity index is 1600. The fourth-order valence-electron chi connectivity index (χ4n) is 4.94. The Hall–Kier alpha value is -3.96. The van der Waals surface area contributed by atoms with Gasteiger partial charge in [-0.05, 0) is 61.6 Å². The number of ether oxygens (including phenoxy) is 2. The van der Waals surface area contributed by atoms with Crippen LogP contribution in [0.2, 0.25) is 5.02 Å². The number of nitrogens with one attached hydrogen (secondary N) is 1. The van der Waals surface area contributed by atoms with Crippen molar-refractivity contribution in [2.24, 2.45) is 0 Å². The maximum Gasteiger partial charge on any atom is 0.142 e. The highest BCUT2D eigenvalue weighted by Crippen LogP contribution is 2.43. The van der Waals surface area contributed by atoms with E-state index in [9.17, 15) is 14.8 Å². The van der Waals surface area contributed by atoms with Crippen LogP contribution in [0.1, 0.15) is 54.2 Å². The van der Waals surface area contributed by atoms with Crippen LogP contribution in [0.15, 0.2) is 73.1 Å². The molecule has 210 valence electrons. The fraction of sp³-hybridized carbons (Fsp3) is 0.273. The second-order valence-electron chi connectivity index (χ2n) is 10.8. The molecule has 0 aliphatic heterocycles. The summed E-state index contributed by atoms with van der Waals surface area (Å²) in [5.74, 6) is 0.787. The van der Waals surface area contributed by atoms with Crippen LogP contribution >= 0.6 is 11.6 Å². The molecule has 1 aliphatic rings. The molecule has 3 aromatic carbocycles. The number of halogens is 2. The lowest BCUT2D eigenvalue weighted by Gasteiger charge is -2.25. The van der Waals surface area contributed by atoms with E-state index in [4.69, 9.17) is 21.1 Å². The number of hydrogen-bond donors (Lipinski definition) is 2. The minimum Gasteiger partial charge on any atom is -0.488 e. The summed E-state index contributed by atoms with van der Waals surface area (Å²) in [5, 5.41) is 22.7. The summed E-state index contributed by atoms with van der Waals surface area (Å²) in [4.78, 5) is 4.11. The monoisotopic (exact) mass is 571 g/mol. The largest absolute Gasteiger partial charge is 0.488 e. The molecular formula is C33H31ClFN3O3. The SMILES string of the molecule is CC(C)(CO)NCc1cc(Cl)c(O[C@H]2CCc3c(-c4ccccc4F)cccc32)cc1OCc1cncc(C#N)c1. The topological polar surface area (TPSA) is 87.4 Å². The molecule has 0 amide bonds. The highest BCUT2D eigenvalue weighted by Gasteiger charge is 2.28. The zero-order valence-electron chi connectivity index (χ0n) is 23.0.